The average Bonchev–Trinajstić information content (AvgIpc) is 2.71. The molecule has 3 rings (SSSR count). The first-order chi connectivity index (χ1) is 13.5. The van der Waals surface area contributed by atoms with Crippen molar-refractivity contribution >= 4 is 11.8 Å². The van der Waals surface area contributed by atoms with Gasteiger partial charge in [0, 0.05) is 24.2 Å². The Bertz CT molecular complexity index is 884. The van der Waals surface area contributed by atoms with Gasteiger partial charge in [0.1, 0.15) is 0 Å². The van der Waals surface area contributed by atoms with Crippen molar-refractivity contribution in [2.24, 2.45) is 0 Å². The van der Waals surface area contributed by atoms with Crippen LogP contribution in [0.3, 0.4) is 0 Å². The lowest BCUT2D eigenvalue weighted by Gasteiger charge is -2.09. The van der Waals surface area contributed by atoms with Crippen LogP contribution in [0.25, 0.3) is 0 Å². The number of hydrogen-bond donors (Lipinski definition) is 2. The summed E-state index contributed by atoms with van der Waals surface area (Å²) < 4.78 is 0. The van der Waals surface area contributed by atoms with Crippen LogP contribution < -0.4 is 10.6 Å². The van der Waals surface area contributed by atoms with Crippen LogP contribution in [-0.2, 0) is 13.1 Å². The van der Waals surface area contributed by atoms with Gasteiger partial charge in [-0.15, -0.1) is 0 Å². The molecule has 28 heavy (non-hydrogen) atoms. The number of nitrogens with one attached hydrogen (secondary N) is 2. The van der Waals surface area contributed by atoms with Crippen LogP contribution in [-0.4, -0.2) is 11.8 Å². The van der Waals surface area contributed by atoms with Crippen LogP contribution >= 0.6 is 0 Å². The summed E-state index contributed by atoms with van der Waals surface area (Å²) in [6, 6.07) is 22.8. The molecule has 0 saturated carbocycles. The van der Waals surface area contributed by atoms with E-state index in [1.54, 1.807) is 0 Å². The largest absolute Gasteiger partial charge is 0.348 e. The number of benzene rings is 3. The van der Waals surface area contributed by atoms with Crippen LogP contribution in [0.2, 0.25) is 0 Å². The van der Waals surface area contributed by atoms with Gasteiger partial charge in [0.25, 0.3) is 11.8 Å². The maximum absolute atomic E-state index is 12.2. The van der Waals surface area contributed by atoms with Gasteiger partial charge in [0.05, 0.1) is 0 Å². The first kappa shape index (κ1) is 19.4. The van der Waals surface area contributed by atoms with Crippen molar-refractivity contribution in [1.82, 2.24) is 10.6 Å². The van der Waals surface area contributed by atoms with Gasteiger partial charge in [-0.05, 0) is 49.2 Å². The predicted molar refractivity (Wildman–Crippen MR) is 111 cm³/mol. The molecule has 2 N–H and O–H groups in total. The fraction of sp³-hybridized carbons (Fsp3) is 0.167. The average molecular weight is 372 g/mol. The molecule has 0 heterocycles. The normalized spacial score (nSPS) is 10.4. The second-order valence-corrected chi connectivity index (χ2v) is 6.92. The molecule has 0 fully saturated rings. The van der Waals surface area contributed by atoms with Gasteiger partial charge in [-0.25, -0.2) is 0 Å². The van der Waals surface area contributed by atoms with Crippen LogP contribution in [0.4, 0.5) is 0 Å². The molecule has 3 aromatic carbocycles. The van der Waals surface area contributed by atoms with E-state index in [9.17, 15) is 9.59 Å². The minimum Gasteiger partial charge on any atom is -0.348 e. The lowest BCUT2D eigenvalue weighted by Crippen LogP contribution is -2.24. The van der Waals surface area contributed by atoms with E-state index < -0.39 is 0 Å². The number of carbonyl (C=O) groups excluding carboxylic acids is 2. The Kier molecular flexibility index (Phi) is 6.22. The molecule has 142 valence electrons. The molecule has 3 aromatic rings. The van der Waals surface area contributed by atoms with Crippen molar-refractivity contribution in [3.8, 4) is 0 Å². The minimum absolute atomic E-state index is 0.0990. The molecule has 0 atom stereocenters. The van der Waals surface area contributed by atoms with E-state index in [1.165, 1.54) is 0 Å². The van der Waals surface area contributed by atoms with E-state index >= 15 is 0 Å². The van der Waals surface area contributed by atoms with Gasteiger partial charge in [0.2, 0.25) is 0 Å². The van der Waals surface area contributed by atoms with Gasteiger partial charge in [-0.3, -0.25) is 9.59 Å². The molecule has 0 aliphatic rings. The number of aryl methyl sites for hydroxylation is 2. The summed E-state index contributed by atoms with van der Waals surface area (Å²) in [5.74, 6) is -0.198. The van der Waals surface area contributed by atoms with Crippen LogP contribution in [0.15, 0.2) is 72.8 Å². The predicted octanol–water partition coefficient (Wildman–Crippen LogP) is 4.16. The minimum atomic E-state index is -0.0990. The molecule has 0 aromatic heterocycles. The summed E-state index contributed by atoms with van der Waals surface area (Å²) in [5.41, 5.74) is 5.51. The molecule has 0 saturated heterocycles. The van der Waals surface area contributed by atoms with E-state index in [2.05, 4.69) is 10.6 Å². The van der Waals surface area contributed by atoms with E-state index in [1.807, 2.05) is 86.6 Å². The van der Waals surface area contributed by atoms with E-state index in [-0.39, 0.29) is 11.8 Å². The third-order valence-corrected chi connectivity index (χ3v) is 4.53. The Balaban J connectivity index is 1.54. The highest BCUT2D eigenvalue weighted by Gasteiger charge is 2.07. The highest BCUT2D eigenvalue weighted by atomic mass is 16.2. The molecule has 0 unspecified atom stereocenters. The first-order valence-corrected chi connectivity index (χ1v) is 9.29. The zero-order chi connectivity index (χ0) is 19.9. The van der Waals surface area contributed by atoms with E-state index in [0.29, 0.717) is 24.2 Å². The van der Waals surface area contributed by atoms with Crippen molar-refractivity contribution in [2.45, 2.75) is 26.9 Å². The molecule has 0 bridgehead atoms. The quantitative estimate of drug-likeness (QED) is 0.682. The van der Waals surface area contributed by atoms with Crippen molar-refractivity contribution in [1.29, 1.82) is 0 Å². The van der Waals surface area contributed by atoms with E-state index in [4.69, 9.17) is 0 Å². The number of amides is 2. The first-order valence-electron chi connectivity index (χ1n) is 9.29. The summed E-state index contributed by atoms with van der Waals surface area (Å²) in [7, 11) is 0. The summed E-state index contributed by atoms with van der Waals surface area (Å²) in [6.45, 7) is 4.86. The molecule has 0 aliphatic carbocycles. The van der Waals surface area contributed by atoms with Crippen molar-refractivity contribution in [3.63, 3.8) is 0 Å². The summed E-state index contributed by atoms with van der Waals surface area (Å²) in [6.07, 6.45) is 0. The maximum Gasteiger partial charge on any atom is 0.251 e. The Morgan fingerprint density at radius 3 is 1.43 bits per heavy atom. The second-order valence-electron chi connectivity index (χ2n) is 6.92. The number of carbonyl (C=O) groups is 2. The van der Waals surface area contributed by atoms with Crippen LogP contribution in [0, 0.1) is 13.8 Å². The SMILES string of the molecule is Cc1ccc(C(=O)NCc2cccc(CNC(=O)c3ccc(C)cc3)c2)cc1. The van der Waals surface area contributed by atoms with Gasteiger partial charge in [-0.2, -0.15) is 0 Å². The number of rotatable bonds is 6. The second kappa shape index (κ2) is 9.00. The molecule has 4 heteroatoms. The monoisotopic (exact) mass is 372 g/mol. The summed E-state index contributed by atoms with van der Waals surface area (Å²) in [4.78, 5) is 24.5. The Morgan fingerprint density at radius 2 is 1.04 bits per heavy atom. The number of hydrogen-bond acceptors (Lipinski definition) is 2. The summed E-state index contributed by atoms with van der Waals surface area (Å²) >= 11 is 0. The molecule has 0 aliphatic heterocycles. The standard InChI is InChI=1S/C24H24N2O2/c1-17-6-10-21(11-7-17)23(27)25-15-19-4-3-5-20(14-19)16-26-24(28)22-12-8-18(2)9-13-22/h3-14H,15-16H2,1-2H3,(H,25,27)(H,26,28). The smallest absolute Gasteiger partial charge is 0.251 e. The van der Waals surface area contributed by atoms with Gasteiger partial charge >= 0.3 is 0 Å². The zero-order valence-corrected chi connectivity index (χ0v) is 16.2. The van der Waals surface area contributed by atoms with Gasteiger partial charge in [0.15, 0.2) is 0 Å². The van der Waals surface area contributed by atoms with Crippen LogP contribution in [0.1, 0.15) is 43.0 Å². The lowest BCUT2D eigenvalue weighted by atomic mass is 10.1. The molecule has 0 spiro atoms. The molecular formula is C24H24N2O2. The molecule has 0 radical (unpaired) electrons. The van der Waals surface area contributed by atoms with Crippen molar-refractivity contribution < 1.29 is 9.59 Å². The third-order valence-electron chi connectivity index (χ3n) is 4.53. The van der Waals surface area contributed by atoms with E-state index in [0.717, 1.165) is 22.3 Å². The van der Waals surface area contributed by atoms with Crippen molar-refractivity contribution in [3.05, 3.63) is 106 Å². The highest BCUT2D eigenvalue weighted by Crippen LogP contribution is 2.08. The molecule has 2 amide bonds. The topological polar surface area (TPSA) is 58.2 Å². The Morgan fingerprint density at radius 1 is 0.643 bits per heavy atom. The fourth-order valence-electron chi connectivity index (χ4n) is 2.83. The van der Waals surface area contributed by atoms with Crippen molar-refractivity contribution in [2.75, 3.05) is 0 Å². The Labute approximate surface area is 165 Å². The maximum atomic E-state index is 12.2. The Hall–Kier alpha value is -3.40. The summed E-state index contributed by atoms with van der Waals surface area (Å²) in [5, 5.41) is 5.86. The lowest BCUT2D eigenvalue weighted by molar-refractivity contribution is 0.0943. The third kappa shape index (κ3) is 5.30. The fourth-order valence-corrected chi connectivity index (χ4v) is 2.83. The van der Waals surface area contributed by atoms with Crippen LogP contribution in [0.5, 0.6) is 0 Å². The van der Waals surface area contributed by atoms with Gasteiger partial charge in [-0.1, -0.05) is 59.7 Å². The zero-order valence-electron chi connectivity index (χ0n) is 16.2. The molecular weight excluding hydrogens is 348 g/mol. The highest BCUT2D eigenvalue weighted by molar-refractivity contribution is 5.94. The van der Waals surface area contributed by atoms with Gasteiger partial charge < -0.3 is 10.6 Å². The molecule has 4 nitrogen and oxygen atoms in total.